The fourth-order valence-corrected chi connectivity index (χ4v) is 3.01. The number of aliphatic carboxylic acids is 1. The van der Waals surface area contributed by atoms with Crippen LogP contribution in [0.2, 0.25) is 0 Å². The standard InChI is InChI=1S/C19H35NO4.C2HF3O2/c1-4-6-7-8-9-10-11-12-16-19(24-17(21)13-20)18(22-5-2)15(3)14-23-16;3-2(4,5)1(6)7/h11-12,15-16,18-19H,4-10,13-14,20H2,1-3H3;(H,6,7)/t15-,16-,18-,19+;/m0./s1. The minimum absolute atomic E-state index is 0.127. The van der Waals surface area contributed by atoms with Crippen LogP contribution in [-0.4, -0.2) is 61.3 Å². The molecule has 1 fully saturated rings. The number of halogens is 3. The average Bonchev–Trinajstić information content (AvgIpc) is 2.71. The molecular weight excluding hydrogens is 419 g/mol. The number of carbonyl (C=O) groups is 2. The number of esters is 1. The number of carboxylic acids is 1. The molecule has 0 bridgehead atoms. The average molecular weight is 456 g/mol. The number of allylic oxidation sites excluding steroid dienone is 1. The van der Waals surface area contributed by atoms with Gasteiger partial charge in [0, 0.05) is 12.5 Å². The topological polar surface area (TPSA) is 108 Å². The Balaban J connectivity index is 0.00000110. The summed E-state index contributed by atoms with van der Waals surface area (Å²) in [6, 6.07) is 0. The molecule has 0 aliphatic carbocycles. The summed E-state index contributed by atoms with van der Waals surface area (Å²) in [6.07, 6.45) is 5.56. The van der Waals surface area contributed by atoms with Crippen molar-refractivity contribution in [3.05, 3.63) is 12.2 Å². The van der Waals surface area contributed by atoms with E-state index in [4.69, 9.17) is 29.8 Å². The van der Waals surface area contributed by atoms with Crippen LogP contribution in [0.15, 0.2) is 12.2 Å². The molecule has 0 unspecified atom stereocenters. The van der Waals surface area contributed by atoms with Crippen LogP contribution < -0.4 is 5.73 Å². The van der Waals surface area contributed by atoms with Gasteiger partial charge in [0.05, 0.1) is 13.2 Å². The molecule has 31 heavy (non-hydrogen) atoms. The highest BCUT2D eigenvalue weighted by Crippen LogP contribution is 2.26. The van der Waals surface area contributed by atoms with Gasteiger partial charge in [-0.05, 0) is 19.8 Å². The zero-order chi connectivity index (χ0) is 23.9. The van der Waals surface area contributed by atoms with E-state index in [0.717, 1.165) is 6.42 Å². The quantitative estimate of drug-likeness (QED) is 0.277. The predicted molar refractivity (Wildman–Crippen MR) is 109 cm³/mol. The first kappa shape index (κ1) is 29.4. The Hall–Kier alpha value is -1.65. The van der Waals surface area contributed by atoms with E-state index in [1.807, 2.05) is 13.0 Å². The van der Waals surface area contributed by atoms with Crippen molar-refractivity contribution in [2.75, 3.05) is 19.8 Å². The number of hydrogen-bond acceptors (Lipinski definition) is 6. The lowest BCUT2D eigenvalue weighted by Gasteiger charge is -2.39. The summed E-state index contributed by atoms with van der Waals surface area (Å²) in [7, 11) is 0. The lowest BCUT2D eigenvalue weighted by atomic mass is 9.92. The number of unbranched alkanes of at least 4 members (excludes halogenated alkanes) is 5. The maximum absolute atomic E-state index is 11.7. The van der Waals surface area contributed by atoms with Crippen molar-refractivity contribution in [2.45, 2.75) is 83.8 Å². The monoisotopic (exact) mass is 455 g/mol. The van der Waals surface area contributed by atoms with Gasteiger partial charge in [-0.15, -0.1) is 0 Å². The van der Waals surface area contributed by atoms with Crippen molar-refractivity contribution in [3.63, 3.8) is 0 Å². The highest BCUT2D eigenvalue weighted by atomic mass is 19.4. The molecule has 3 N–H and O–H groups in total. The number of rotatable bonds is 11. The van der Waals surface area contributed by atoms with E-state index in [9.17, 15) is 18.0 Å². The summed E-state index contributed by atoms with van der Waals surface area (Å²) in [5, 5.41) is 7.12. The summed E-state index contributed by atoms with van der Waals surface area (Å²) in [6.45, 7) is 7.28. The normalized spacial score (nSPS) is 23.8. The third-order valence-corrected chi connectivity index (χ3v) is 4.60. The van der Waals surface area contributed by atoms with Crippen molar-refractivity contribution < 1.29 is 42.1 Å². The number of nitrogens with two attached hydrogens (primary N) is 1. The highest BCUT2D eigenvalue weighted by molar-refractivity contribution is 5.73. The largest absolute Gasteiger partial charge is 0.490 e. The lowest BCUT2D eigenvalue weighted by Crippen LogP contribution is -2.52. The van der Waals surface area contributed by atoms with Crippen LogP contribution in [0.5, 0.6) is 0 Å². The van der Waals surface area contributed by atoms with E-state index in [2.05, 4.69) is 19.9 Å². The molecule has 0 aromatic heterocycles. The summed E-state index contributed by atoms with van der Waals surface area (Å²) in [4.78, 5) is 20.6. The van der Waals surface area contributed by atoms with Crippen molar-refractivity contribution in [2.24, 2.45) is 11.7 Å². The second kappa shape index (κ2) is 16.0. The number of alkyl halides is 3. The Morgan fingerprint density at radius 1 is 1.16 bits per heavy atom. The van der Waals surface area contributed by atoms with Crippen LogP contribution in [0.25, 0.3) is 0 Å². The fraction of sp³-hybridized carbons (Fsp3) is 0.810. The smallest absolute Gasteiger partial charge is 0.475 e. The van der Waals surface area contributed by atoms with Gasteiger partial charge in [-0.25, -0.2) is 4.79 Å². The molecule has 0 radical (unpaired) electrons. The van der Waals surface area contributed by atoms with Gasteiger partial charge < -0.3 is 25.1 Å². The Kier molecular flexibility index (Phi) is 15.2. The molecule has 7 nitrogen and oxygen atoms in total. The zero-order valence-electron chi connectivity index (χ0n) is 18.5. The molecule has 1 heterocycles. The van der Waals surface area contributed by atoms with Crippen LogP contribution in [0, 0.1) is 5.92 Å². The van der Waals surface area contributed by atoms with Gasteiger partial charge in [-0.1, -0.05) is 51.7 Å². The van der Waals surface area contributed by atoms with Crippen LogP contribution in [0.4, 0.5) is 13.2 Å². The molecular formula is C21H36F3NO6. The molecule has 1 rings (SSSR count). The van der Waals surface area contributed by atoms with Crippen molar-refractivity contribution in [3.8, 4) is 0 Å². The van der Waals surface area contributed by atoms with Crippen LogP contribution in [-0.2, 0) is 23.8 Å². The Bertz CT molecular complexity index is 542. The molecule has 10 heteroatoms. The van der Waals surface area contributed by atoms with E-state index in [1.54, 1.807) is 0 Å². The SMILES string of the molecule is CCCCCCCC=C[C@@H]1OC[C@H](C)[C@H](OCC)[C@@H]1OC(=O)CN.O=C(O)C(F)(F)F. The van der Waals surface area contributed by atoms with E-state index in [0.29, 0.717) is 13.2 Å². The van der Waals surface area contributed by atoms with Gasteiger partial charge in [0.1, 0.15) is 12.2 Å². The lowest BCUT2D eigenvalue weighted by molar-refractivity contribution is -0.193. The fourth-order valence-electron chi connectivity index (χ4n) is 3.01. The van der Waals surface area contributed by atoms with Gasteiger partial charge in [-0.3, -0.25) is 4.79 Å². The van der Waals surface area contributed by atoms with Crippen molar-refractivity contribution in [1.29, 1.82) is 0 Å². The first-order valence-corrected chi connectivity index (χ1v) is 10.7. The van der Waals surface area contributed by atoms with Crippen molar-refractivity contribution in [1.82, 2.24) is 0 Å². The Morgan fingerprint density at radius 3 is 2.29 bits per heavy atom. The molecule has 1 aliphatic heterocycles. The molecule has 1 saturated heterocycles. The first-order valence-electron chi connectivity index (χ1n) is 10.7. The number of ether oxygens (including phenoxy) is 3. The van der Waals surface area contributed by atoms with Gasteiger partial charge in [0.2, 0.25) is 0 Å². The maximum Gasteiger partial charge on any atom is 0.490 e. The molecule has 0 amide bonds. The van der Waals surface area contributed by atoms with E-state index >= 15 is 0 Å². The molecule has 0 aromatic carbocycles. The second-order valence-electron chi connectivity index (χ2n) is 7.29. The van der Waals surface area contributed by atoms with Crippen LogP contribution in [0.3, 0.4) is 0 Å². The van der Waals surface area contributed by atoms with E-state index in [-0.39, 0.29) is 24.7 Å². The second-order valence-corrected chi connectivity index (χ2v) is 7.29. The molecule has 0 spiro atoms. The van der Waals surface area contributed by atoms with E-state index in [1.165, 1.54) is 32.1 Å². The highest BCUT2D eigenvalue weighted by Gasteiger charge is 2.40. The van der Waals surface area contributed by atoms with Gasteiger partial charge in [-0.2, -0.15) is 13.2 Å². The summed E-state index contributed by atoms with van der Waals surface area (Å²) >= 11 is 0. The summed E-state index contributed by atoms with van der Waals surface area (Å²) < 4.78 is 49.0. The van der Waals surface area contributed by atoms with Crippen LogP contribution in [0.1, 0.15) is 59.3 Å². The molecule has 182 valence electrons. The van der Waals surface area contributed by atoms with E-state index < -0.39 is 24.2 Å². The maximum atomic E-state index is 11.7. The number of hydrogen-bond donors (Lipinski definition) is 2. The van der Waals surface area contributed by atoms with Gasteiger partial charge in [0.15, 0.2) is 6.10 Å². The van der Waals surface area contributed by atoms with Gasteiger partial charge in [0.25, 0.3) is 0 Å². The minimum Gasteiger partial charge on any atom is -0.475 e. The number of carbonyl (C=O) groups excluding carboxylic acids is 1. The predicted octanol–water partition coefficient (Wildman–Crippen LogP) is 3.85. The van der Waals surface area contributed by atoms with Gasteiger partial charge >= 0.3 is 18.1 Å². The molecule has 1 aliphatic rings. The Labute approximate surface area is 182 Å². The zero-order valence-corrected chi connectivity index (χ0v) is 18.5. The molecule has 0 aromatic rings. The summed E-state index contributed by atoms with van der Waals surface area (Å²) in [5.74, 6) is -2.99. The van der Waals surface area contributed by atoms with Crippen molar-refractivity contribution >= 4 is 11.9 Å². The molecule has 4 atom stereocenters. The Morgan fingerprint density at radius 2 is 1.77 bits per heavy atom. The number of carboxylic acid groups (broad SMARTS) is 1. The minimum atomic E-state index is -5.08. The summed E-state index contributed by atoms with van der Waals surface area (Å²) in [5.41, 5.74) is 5.39. The molecule has 0 saturated carbocycles. The first-order chi connectivity index (χ1) is 14.6. The third-order valence-electron chi connectivity index (χ3n) is 4.60. The van der Waals surface area contributed by atoms with Crippen LogP contribution >= 0.6 is 0 Å². The third kappa shape index (κ3) is 12.7.